The average molecular weight is 489 g/mol. The minimum atomic E-state index is -3.63. The highest BCUT2D eigenvalue weighted by Gasteiger charge is 2.31. The van der Waals surface area contributed by atoms with E-state index in [0.29, 0.717) is 42.5 Å². The summed E-state index contributed by atoms with van der Waals surface area (Å²) in [5.41, 5.74) is 0.499. The molecule has 1 heterocycles. The number of rotatable bonds is 8. The quantitative estimate of drug-likeness (QED) is 0.565. The fraction of sp³-hybridized carbons (Fsp3) is 0.480. The molecule has 2 aromatic rings. The van der Waals surface area contributed by atoms with Gasteiger partial charge in [0, 0.05) is 31.7 Å². The monoisotopic (exact) mass is 488 g/mol. The third-order valence-electron chi connectivity index (χ3n) is 6.30. The van der Waals surface area contributed by atoms with Gasteiger partial charge in [-0.25, -0.2) is 8.42 Å². The van der Waals surface area contributed by atoms with Crippen LogP contribution in [-0.2, 0) is 10.0 Å². The molecule has 34 heavy (non-hydrogen) atoms. The first-order chi connectivity index (χ1) is 16.4. The van der Waals surface area contributed by atoms with E-state index in [1.54, 1.807) is 54.5 Å². The number of sulfonamides is 1. The lowest BCUT2D eigenvalue weighted by Gasteiger charge is -2.34. The molecule has 1 saturated heterocycles. The topological polar surface area (TPSA) is 85.4 Å². The van der Waals surface area contributed by atoms with Gasteiger partial charge in [-0.3, -0.25) is 4.79 Å². The number of nitrogens with zero attached hydrogens (tertiary/aromatic N) is 2. The molecule has 0 bridgehead atoms. The minimum absolute atomic E-state index is 0.149. The van der Waals surface area contributed by atoms with Crippen LogP contribution in [0.25, 0.3) is 0 Å². The van der Waals surface area contributed by atoms with Crippen molar-refractivity contribution in [2.24, 2.45) is 0 Å². The van der Waals surface area contributed by atoms with Crippen LogP contribution in [0.1, 0.15) is 43.0 Å². The number of methoxy groups -OCH3 is 1. The second-order valence-electron chi connectivity index (χ2n) is 8.49. The number of amides is 1. The molecule has 1 amide bonds. The molecular weight excluding hydrogens is 456 g/mol. The zero-order chi connectivity index (χ0) is 24.1. The van der Waals surface area contributed by atoms with Crippen LogP contribution in [0, 0.1) is 0 Å². The van der Waals surface area contributed by atoms with Crippen molar-refractivity contribution in [3.63, 3.8) is 0 Å². The van der Waals surface area contributed by atoms with Crippen LogP contribution >= 0.6 is 0 Å². The molecule has 2 fully saturated rings. The summed E-state index contributed by atoms with van der Waals surface area (Å²) in [6.07, 6.45) is 4.61. The molecule has 1 aliphatic heterocycles. The van der Waals surface area contributed by atoms with Crippen molar-refractivity contribution >= 4 is 15.9 Å². The smallest absolute Gasteiger partial charge is 0.254 e. The number of benzene rings is 2. The zero-order valence-corrected chi connectivity index (χ0v) is 20.6. The highest BCUT2D eigenvalue weighted by atomic mass is 32.2. The van der Waals surface area contributed by atoms with E-state index in [1.807, 2.05) is 6.92 Å². The summed E-state index contributed by atoms with van der Waals surface area (Å²) in [4.78, 5) is 15.0. The molecule has 1 saturated carbocycles. The van der Waals surface area contributed by atoms with Gasteiger partial charge in [-0.05, 0) is 75.1 Å². The van der Waals surface area contributed by atoms with Gasteiger partial charge in [0.15, 0.2) is 11.5 Å². The SMILES string of the molecule is CCOc1ccc(S(=O)(=O)N2CCN(C(=O)c3ccc(OC4CCCC4)c(OC)c3)CC2)cc1. The molecule has 8 nitrogen and oxygen atoms in total. The summed E-state index contributed by atoms with van der Waals surface area (Å²) in [5.74, 6) is 1.67. The number of carbonyl (C=O) groups excluding carboxylic acids is 1. The van der Waals surface area contributed by atoms with Gasteiger partial charge in [-0.2, -0.15) is 4.31 Å². The third-order valence-corrected chi connectivity index (χ3v) is 8.22. The summed E-state index contributed by atoms with van der Waals surface area (Å²) in [6.45, 7) is 3.50. The van der Waals surface area contributed by atoms with Crippen molar-refractivity contribution < 1.29 is 27.4 Å². The van der Waals surface area contributed by atoms with E-state index in [-0.39, 0.29) is 30.0 Å². The van der Waals surface area contributed by atoms with E-state index in [9.17, 15) is 13.2 Å². The molecule has 4 rings (SSSR count). The molecule has 184 valence electrons. The zero-order valence-electron chi connectivity index (χ0n) is 19.7. The fourth-order valence-corrected chi connectivity index (χ4v) is 5.84. The molecule has 0 aromatic heterocycles. The number of piperazine rings is 1. The van der Waals surface area contributed by atoms with Gasteiger partial charge in [-0.15, -0.1) is 0 Å². The average Bonchev–Trinajstić information content (AvgIpc) is 3.37. The highest BCUT2D eigenvalue weighted by molar-refractivity contribution is 7.89. The van der Waals surface area contributed by atoms with Gasteiger partial charge in [0.2, 0.25) is 10.0 Å². The highest BCUT2D eigenvalue weighted by Crippen LogP contribution is 2.33. The number of ether oxygens (including phenoxy) is 3. The van der Waals surface area contributed by atoms with E-state index >= 15 is 0 Å². The number of hydrogen-bond acceptors (Lipinski definition) is 6. The van der Waals surface area contributed by atoms with Crippen LogP contribution in [0.4, 0.5) is 0 Å². The molecule has 2 aromatic carbocycles. The third kappa shape index (κ3) is 5.31. The molecule has 0 atom stereocenters. The first-order valence-corrected chi connectivity index (χ1v) is 13.2. The predicted octanol–water partition coefficient (Wildman–Crippen LogP) is 3.56. The maximum absolute atomic E-state index is 13.1. The number of carbonyl (C=O) groups is 1. The van der Waals surface area contributed by atoms with Crippen LogP contribution in [0.5, 0.6) is 17.2 Å². The Labute approximate surface area is 201 Å². The van der Waals surface area contributed by atoms with Crippen molar-refractivity contribution in [2.45, 2.75) is 43.6 Å². The molecule has 1 aliphatic carbocycles. The van der Waals surface area contributed by atoms with Gasteiger partial charge in [-0.1, -0.05) is 0 Å². The van der Waals surface area contributed by atoms with Crippen LogP contribution < -0.4 is 14.2 Å². The maximum atomic E-state index is 13.1. The van der Waals surface area contributed by atoms with Crippen LogP contribution in [0.15, 0.2) is 47.4 Å². The van der Waals surface area contributed by atoms with E-state index in [1.165, 1.54) is 17.1 Å². The van der Waals surface area contributed by atoms with Gasteiger partial charge in [0.25, 0.3) is 5.91 Å². The summed E-state index contributed by atoms with van der Waals surface area (Å²) >= 11 is 0. The van der Waals surface area contributed by atoms with Gasteiger partial charge >= 0.3 is 0 Å². The van der Waals surface area contributed by atoms with E-state index in [0.717, 1.165) is 12.8 Å². The molecular formula is C25H32N2O6S. The van der Waals surface area contributed by atoms with E-state index in [4.69, 9.17) is 14.2 Å². The Morgan fingerprint density at radius 3 is 2.26 bits per heavy atom. The Morgan fingerprint density at radius 2 is 1.65 bits per heavy atom. The lowest BCUT2D eigenvalue weighted by Crippen LogP contribution is -2.50. The van der Waals surface area contributed by atoms with Crippen molar-refractivity contribution in [2.75, 3.05) is 39.9 Å². The normalized spacial score (nSPS) is 17.5. The van der Waals surface area contributed by atoms with Crippen molar-refractivity contribution in [3.05, 3.63) is 48.0 Å². The summed E-state index contributed by atoms with van der Waals surface area (Å²) in [6, 6.07) is 11.7. The fourth-order valence-electron chi connectivity index (χ4n) is 4.42. The molecule has 0 radical (unpaired) electrons. The standard InChI is InChI=1S/C25H32N2O6S/c1-3-32-20-9-11-22(12-10-20)34(29,30)27-16-14-26(15-17-27)25(28)19-8-13-23(24(18-19)31-2)33-21-6-4-5-7-21/h8-13,18,21H,3-7,14-17H2,1-2H3. The lowest BCUT2D eigenvalue weighted by atomic mass is 10.1. The van der Waals surface area contributed by atoms with Crippen LogP contribution in [0.3, 0.4) is 0 Å². The Hall–Kier alpha value is -2.78. The summed E-state index contributed by atoms with van der Waals surface area (Å²) in [5, 5.41) is 0. The van der Waals surface area contributed by atoms with E-state index in [2.05, 4.69) is 0 Å². The van der Waals surface area contributed by atoms with Gasteiger partial charge < -0.3 is 19.1 Å². The Balaban J connectivity index is 1.39. The van der Waals surface area contributed by atoms with Gasteiger partial charge in [0.1, 0.15) is 5.75 Å². The largest absolute Gasteiger partial charge is 0.494 e. The Kier molecular flexibility index (Phi) is 7.63. The maximum Gasteiger partial charge on any atom is 0.254 e. The molecule has 2 aliphatic rings. The first-order valence-electron chi connectivity index (χ1n) is 11.8. The summed E-state index contributed by atoms with van der Waals surface area (Å²) in [7, 11) is -2.07. The van der Waals surface area contributed by atoms with Crippen molar-refractivity contribution in [3.8, 4) is 17.2 Å². The lowest BCUT2D eigenvalue weighted by molar-refractivity contribution is 0.0697. The Bertz CT molecular complexity index is 1090. The van der Waals surface area contributed by atoms with Crippen LogP contribution in [-0.4, -0.2) is 69.5 Å². The first kappa shape index (κ1) is 24.3. The molecule has 9 heteroatoms. The van der Waals surface area contributed by atoms with Crippen molar-refractivity contribution in [1.82, 2.24) is 9.21 Å². The summed E-state index contributed by atoms with van der Waals surface area (Å²) < 4.78 is 44.4. The van der Waals surface area contributed by atoms with E-state index < -0.39 is 10.0 Å². The molecule has 0 unspecified atom stereocenters. The second kappa shape index (κ2) is 10.7. The van der Waals surface area contributed by atoms with Crippen LogP contribution in [0.2, 0.25) is 0 Å². The van der Waals surface area contributed by atoms with Gasteiger partial charge in [0.05, 0.1) is 24.7 Å². The molecule has 0 N–H and O–H groups in total. The predicted molar refractivity (Wildman–Crippen MR) is 128 cm³/mol. The second-order valence-corrected chi connectivity index (χ2v) is 10.4. The number of hydrogen-bond donors (Lipinski definition) is 0. The van der Waals surface area contributed by atoms with Crippen molar-refractivity contribution in [1.29, 1.82) is 0 Å². The molecule has 0 spiro atoms. The minimum Gasteiger partial charge on any atom is -0.494 e. The Morgan fingerprint density at radius 1 is 0.971 bits per heavy atom.